The second-order valence-electron chi connectivity index (χ2n) is 7.06. The third kappa shape index (κ3) is 5.35. The quantitative estimate of drug-likeness (QED) is 0.239. The van der Waals surface area contributed by atoms with Crippen LogP contribution in [0.1, 0.15) is 35.3 Å². The highest BCUT2D eigenvalue weighted by Gasteiger charge is 2.15. The van der Waals surface area contributed by atoms with Crippen LogP contribution in [0.4, 0.5) is 17.1 Å². The maximum absolute atomic E-state index is 12.2. The highest BCUT2D eigenvalue weighted by atomic mass is 16.5. The number of hydrogen-bond acceptors (Lipinski definition) is 5. The maximum atomic E-state index is 12.2. The van der Waals surface area contributed by atoms with E-state index in [0.29, 0.717) is 17.7 Å². The molecule has 0 aromatic heterocycles. The molecular weight excluding hydrogens is 402 g/mol. The summed E-state index contributed by atoms with van der Waals surface area (Å²) in [7, 11) is 1.88. The van der Waals surface area contributed by atoms with Gasteiger partial charge in [-0.05, 0) is 61.4 Å². The minimum Gasteiger partial charge on any atom is -0.462 e. The second kappa shape index (κ2) is 10.8. The van der Waals surface area contributed by atoms with E-state index < -0.39 is 5.97 Å². The first-order valence-corrected chi connectivity index (χ1v) is 10.4. The summed E-state index contributed by atoms with van der Waals surface area (Å²) in [5.41, 5.74) is 6.44. The van der Waals surface area contributed by atoms with E-state index in [1.165, 1.54) is 0 Å². The Morgan fingerprint density at radius 2 is 1.62 bits per heavy atom. The third-order valence-corrected chi connectivity index (χ3v) is 5.03. The molecular formula is C26H27N3O3. The third-order valence-electron chi connectivity index (χ3n) is 5.03. The van der Waals surface area contributed by atoms with Crippen LogP contribution < -0.4 is 16.0 Å². The standard InChI is InChI=1S/C26H27N3O3/c1-4-32-26(31)20-10-15-23(24(16-20)28-17-30)18(2)25(19-8-6-5-7-9-19)29-22-13-11-21(27-3)12-14-22/h5-17,27,29H,4H2,1-3H3,(H,28,30)/b25-18+. The minimum absolute atomic E-state index is 0.282. The fourth-order valence-corrected chi connectivity index (χ4v) is 3.38. The molecule has 164 valence electrons. The Bertz CT molecular complexity index is 1110. The van der Waals surface area contributed by atoms with Crippen molar-refractivity contribution in [3.63, 3.8) is 0 Å². The van der Waals surface area contributed by atoms with Crippen LogP contribution in [0, 0.1) is 0 Å². The first kappa shape index (κ1) is 22.6. The van der Waals surface area contributed by atoms with Crippen LogP contribution in [0.15, 0.2) is 72.8 Å². The molecule has 0 saturated heterocycles. The van der Waals surface area contributed by atoms with Gasteiger partial charge in [0.2, 0.25) is 6.41 Å². The molecule has 0 bridgehead atoms. The molecule has 3 aromatic carbocycles. The van der Waals surface area contributed by atoms with Gasteiger partial charge < -0.3 is 20.7 Å². The number of nitrogens with one attached hydrogen (secondary N) is 3. The largest absolute Gasteiger partial charge is 0.462 e. The summed E-state index contributed by atoms with van der Waals surface area (Å²) in [5, 5.41) is 9.35. The normalized spacial score (nSPS) is 11.2. The van der Waals surface area contributed by atoms with E-state index in [0.717, 1.165) is 33.8 Å². The summed E-state index contributed by atoms with van der Waals surface area (Å²) in [4.78, 5) is 23.4. The lowest BCUT2D eigenvalue weighted by atomic mass is 9.97. The van der Waals surface area contributed by atoms with Gasteiger partial charge in [-0.15, -0.1) is 0 Å². The summed E-state index contributed by atoms with van der Waals surface area (Å²) in [6.07, 6.45) is 0.604. The number of rotatable bonds is 9. The number of anilines is 3. The van der Waals surface area contributed by atoms with Crippen molar-refractivity contribution >= 4 is 40.7 Å². The Kier molecular flexibility index (Phi) is 7.65. The Balaban J connectivity index is 2.10. The first-order chi connectivity index (χ1) is 15.6. The van der Waals surface area contributed by atoms with E-state index in [9.17, 15) is 9.59 Å². The average molecular weight is 430 g/mol. The summed E-state index contributed by atoms with van der Waals surface area (Å²) in [6.45, 7) is 4.02. The van der Waals surface area contributed by atoms with Crippen molar-refractivity contribution in [1.29, 1.82) is 0 Å². The molecule has 0 aliphatic rings. The summed E-state index contributed by atoms with van der Waals surface area (Å²) in [6, 6.07) is 23.1. The molecule has 0 saturated carbocycles. The fraction of sp³-hybridized carbons (Fsp3) is 0.154. The summed E-state index contributed by atoms with van der Waals surface area (Å²) < 4.78 is 5.09. The van der Waals surface area contributed by atoms with Crippen molar-refractivity contribution in [2.75, 3.05) is 29.6 Å². The number of amides is 1. The van der Waals surface area contributed by atoms with Gasteiger partial charge in [0.1, 0.15) is 0 Å². The molecule has 3 N–H and O–H groups in total. The molecule has 1 amide bonds. The molecule has 0 aliphatic heterocycles. The SMILES string of the molecule is CCOC(=O)c1ccc(/C(C)=C(/Nc2ccc(NC)cc2)c2ccccc2)c(NC=O)c1. The molecule has 0 aliphatic carbocycles. The molecule has 3 aromatic rings. The Morgan fingerprint density at radius 1 is 0.938 bits per heavy atom. The molecule has 6 heteroatoms. The summed E-state index contributed by atoms with van der Waals surface area (Å²) in [5.74, 6) is -0.430. The zero-order valence-electron chi connectivity index (χ0n) is 18.4. The van der Waals surface area contributed by atoms with Crippen molar-refractivity contribution in [3.8, 4) is 0 Å². The zero-order valence-corrected chi connectivity index (χ0v) is 18.4. The van der Waals surface area contributed by atoms with Crippen LogP contribution >= 0.6 is 0 Å². The predicted octanol–water partition coefficient (Wildman–Crippen LogP) is 5.47. The molecule has 0 unspecified atom stereocenters. The first-order valence-electron chi connectivity index (χ1n) is 10.4. The van der Waals surface area contributed by atoms with Crippen LogP contribution in [0.2, 0.25) is 0 Å². The molecule has 3 rings (SSSR count). The van der Waals surface area contributed by atoms with Gasteiger partial charge in [-0.25, -0.2) is 4.79 Å². The maximum Gasteiger partial charge on any atom is 0.338 e. The van der Waals surface area contributed by atoms with Crippen LogP contribution in [-0.2, 0) is 9.53 Å². The number of esters is 1. The lowest BCUT2D eigenvalue weighted by Gasteiger charge is -2.18. The average Bonchev–Trinajstić information content (AvgIpc) is 2.83. The molecule has 0 radical (unpaired) electrons. The van der Waals surface area contributed by atoms with Crippen molar-refractivity contribution in [1.82, 2.24) is 0 Å². The van der Waals surface area contributed by atoms with Gasteiger partial charge >= 0.3 is 5.97 Å². The van der Waals surface area contributed by atoms with Crippen LogP contribution in [-0.4, -0.2) is 26.0 Å². The van der Waals surface area contributed by atoms with E-state index in [1.807, 2.05) is 74.6 Å². The predicted molar refractivity (Wildman–Crippen MR) is 131 cm³/mol. The second-order valence-corrected chi connectivity index (χ2v) is 7.06. The molecule has 0 heterocycles. The number of carbonyl (C=O) groups excluding carboxylic acids is 2. The van der Waals surface area contributed by atoms with E-state index >= 15 is 0 Å². The number of allylic oxidation sites excluding steroid dienone is 1. The van der Waals surface area contributed by atoms with Gasteiger partial charge in [-0.3, -0.25) is 4.79 Å². The van der Waals surface area contributed by atoms with Gasteiger partial charge in [-0.2, -0.15) is 0 Å². The number of ether oxygens (including phenoxy) is 1. The topological polar surface area (TPSA) is 79.5 Å². The molecule has 32 heavy (non-hydrogen) atoms. The minimum atomic E-state index is -0.430. The van der Waals surface area contributed by atoms with Gasteiger partial charge in [0, 0.05) is 35.4 Å². The lowest BCUT2D eigenvalue weighted by molar-refractivity contribution is -0.105. The van der Waals surface area contributed by atoms with Gasteiger partial charge in [0.15, 0.2) is 0 Å². The Hall–Kier alpha value is -4.06. The summed E-state index contributed by atoms with van der Waals surface area (Å²) >= 11 is 0. The molecule has 6 nitrogen and oxygen atoms in total. The highest BCUT2D eigenvalue weighted by molar-refractivity contribution is 6.00. The molecule has 0 spiro atoms. The van der Waals surface area contributed by atoms with Crippen molar-refractivity contribution in [2.24, 2.45) is 0 Å². The van der Waals surface area contributed by atoms with Gasteiger partial charge in [0.05, 0.1) is 12.2 Å². The molecule has 0 fully saturated rings. The van der Waals surface area contributed by atoms with E-state index in [2.05, 4.69) is 16.0 Å². The smallest absolute Gasteiger partial charge is 0.338 e. The van der Waals surface area contributed by atoms with E-state index in [-0.39, 0.29) is 6.61 Å². The van der Waals surface area contributed by atoms with Crippen LogP contribution in [0.5, 0.6) is 0 Å². The van der Waals surface area contributed by atoms with E-state index in [4.69, 9.17) is 4.74 Å². The lowest BCUT2D eigenvalue weighted by Crippen LogP contribution is -2.08. The van der Waals surface area contributed by atoms with Gasteiger partial charge in [0.25, 0.3) is 0 Å². The van der Waals surface area contributed by atoms with Crippen molar-refractivity contribution < 1.29 is 14.3 Å². The van der Waals surface area contributed by atoms with Crippen molar-refractivity contribution in [2.45, 2.75) is 13.8 Å². The number of benzene rings is 3. The Morgan fingerprint density at radius 3 is 2.25 bits per heavy atom. The highest BCUT2D eigenvalue weighted by Crippen LogP contribution is 2.32. The van der Waals surface area contributed by atoms with Crippen LogP contribution in [0.3, 0.4) is 0 Å². The Labute approximate surface area is 188 Å². The fourth-order valence-electron chi connectivity index (χ4n) is 3.38. The van der Waals surface area contributed by atoms with Gasteiger partial charge in [-0.1, -0.05) is 36.4 Å². The monoisotopic (exact) mass is 429 g/mol. The zero-order chi connectivity index (χ0) is 22.9. The number of hydrogen-bond donors (Lipinski definition) is 3. The molecule has 0 atom stereocenters. The number of carbonyl (C=O) groups is 2. The van der Waals surface area contributed by atoms with Crippen molar-refractivity contribution in [3.05, 3.63) is 89.5 Å². The van der Waals surface area contributed by atoms with Crippen LogP contribution in [0.25, 0.3) is 11.3 Å². The van der Waals surface area contributed by atoms with E-state index in [1.54, 1.807) is 19.1 Å².